The van der Waals surface area contributed by atoms with E-state index in [-0.39, 0.29) is 0 Å². The summed E-state index contributed by atoms with van der Waals surface area (Å²) in [5.74, 6) is 0. The third kappa shape index (κ3) is 16.2. The number of rotatable bonds is 0. The second-order valence-corrected chi connectivity index (χ2v) is 7.77. The minimum absolute atomic E-state index is 1.34. The molecular weight excluding hydrogens is 396 g/mol. The summed E-state index contributed by atoms with van der Waals surface area (Å²) in [6.45, 7) is 37.2. The van der Waals surface area contributed by atoms with E-state index in [1.54, 1.807) is 0 Å². The van der Waals surface area contributed by atoms with E-state index in [0.29, 0.717) is 0 Å². The lowest BCUT2D eigenvalue weighted by atomic mass is 10.0. The Bertz CT molecular complexity index is 843. The molecule has 0 nitrogen and oxygen atoms in total. The van der Waals surface area contributed by atoms with E-state index in [1.807, 2.05) is 0 Å². The predicted octanol–water partition coefficient (Wildman–Crippen LogP) is 10.2. The highest BCUT2D eigenvalue weighted by Crippen LogP contribution is 2.13. The fraction of sp³-hybridized carbons (Fsp3) is 0.273. The first kappa shape index (κ1) is 34.5. The van der Waals surface area contributed by atoms with Crippen molar-refractivity contribution in [1.82, 2.24) is 0 Å². The smallest absolute Gasteiger partial charge is 0.0395 e. The fourth-order valence-corrected chi connectivity index (χ4v) is 2.80. The zero-order valence-electron chi connectivity index (χ0n) is 22.9. The van der Waals surface area contributed by atoms with Crippen molar-refractivity contribution < 1.29 is 0 Å². The Morgan fingerprint density at radius 1 is 0.333 bits per heavy atom. The molecule has 0 N–H and O–H groups in total. The van der Waals surface area contributed by atoms with Crippen LogP contribution in [-0.2, 0) is 0 Å². The van der Waals surface area contributed by atoms with Crippen LogP contribution in [-0.4, -0.2) is 0 Å². The van der Waals surface area contributed by atoms with Crippen LogP contribution >= 0.6 is 0 Å². The standard InChI is InChI=1S/C10H14.C9H12.C8H10.3C2H4/c1-7-5-9(3)10(4)6-8(7)2;1-7-4-5-8(2)9(3)6-7;1-7-4-3-5-8(2)6-7;3*1-2/h5-6H,1-4H3;4-6H,1-3H3;3-6H,1-2H3;3*1-2H2. The molecule has 0 aromatic heterocycles. The summed E-state index contributed by atoms with van der Waals surface area (Å²) in [4.78, 5) is 0. The molecule has 0 radical (unpaired) electrons. The minimum Gasteiger partial charge on any atom is -0.106 e. The maximum atomic E-state index is 3.00. The number of aryl methyl sites for hydroxylation is 9. The largest absolute Gasteiger partial charge is 0.106 e. The van der Waals surface area contributed by atoms with Crippen LogP contribution in [0.1, 0.15) is 50.1 Å². The minimum atomic E-state index is 1.34. The Morgan fingerprint density at radius 2 is 0.636 bits per heavy atom. The van der Waals surface area contributed by atoms with Crippen molar-refractivity contribution in [1.29, 1.82) is 0 Å². The second kappa shape index (κ2) is 20.8. The third-order valence-electron chi connectivity index (χ3n) is 4.95. The van der Waals surface area contributed by atoms with E-state index < -0.39 is 0 Å². The van der Waals surface area contributed by atoms with Gasteiger partial charge in [0.2, 0.25) is 0 Å². The Hall–Kier alpha value is -3.12. The molecule has 3 aromatic carbocycles. The van der Waals surface area contributed by atoms with Crippen LogP contribution in [0.4, 0.5) is 0 Å². The van der Waals surface area contributed by atoms with E-state index in [0.717, 1.165) is 0 Å². The van der Waals surface area contributed by atoms with Gasteiger partial charge in [-0.25, -0.2) is 0 Å². The molecule has 0 spiro atoms. The molecule has 0 fully saturated rings. The zero-order valence-corrected chi connectivity index (χ0v) is 22.9. The summed E-state index contributed by atoms with van der Waals surface area (Å²) in [5, 5.41) is 0. The Labute approximate surface area is 206 Å². The lowest BCUT2D eigenvalue weighted by Gasteiger charge is -2.04. The summed E-state index contributed by atoms with van der Waals surface area (Å²) in [5.41, 5.74) is 12.3. The van der Waals surface area contributed by atoms with Crippen molar-refractivity contribution in [2.75, 3.05) is 0 Å². The summed E-state index contributed by atoms with van der Waals surface area (Å²) < 4.78 is 0. The monoisotopic (exact) mass is 444 g/mol. The molecule has 0 amide bonds. The van der Waals surface area contributed by atoms with Gasteiger partial charge in [0.25, 0.3) is 0 Å². The molecule has 0 bridgehead atoms. The summed E-state index contributed by atoms with van der Waals surface area (Å²) in [6.07, 6.45) is 0. The molecule has 180 valence electrons. The van der Waals surface area contributed by atoms with Gasteiger partial charge in [-0.1, -0.05) is 71.3 Å². The lowest BCUT2D eigenvalue weighted by Crippen LogP contribution is -1.86. The molecule has 0 atom stereocenters. The molecule has 0 aliphatic rings. The van der Waals surface area contributed by atoms with Gasteiger partial charge >= 0.3 is 0 Å². The van der Waals surface area contributed by atoms with Gasteiger partial charge in [0.15, 0.2) is 0 Å². The average Bonchev–Trinajstić information content (AvgIpc) is 2.80. The van der Waals surface area contributed by atoms with Gasteiger partial charge in [-0.3, -0.25) is 0 Å². The molecule has 0 saturated carbocycles. The van der Waals surface area contributed by atoms with Crippen molar-refractivity contribution in [3.05, 3.63) is 144 Å². The van der Waals surface area contributed by atoms with E-state index in [4.69, 9.17) is 0 Å². The van der Waals surface area contributed by atoms with Crippen LogP contribution in [0, 0.1) is 62.3 Å². The van der Waals surface area contributed by atoms with Crippen molar-refractivity contribution >= 4 is 0 Å². The van der Waals surface area contributed by atoms with Crippen LogP contribution in [0.2, 0.25) is 0 Å². The first-order valence-corrected chi connectivity index (χ1v) is 11.2. The molecule has 0 aliphatic heterocycles. The SMILES string of the molecule is C=C.C=C.C=C.Cc1cc(C)c(C)cc1C.Cc1ccc(C)c(C)c1.Cc1cccc(C)c1. The van der Waals surface area contributed by atoms with Gasteiger partial charge < -0.3 is 0 Å². The zero-order chi connectivity index (χ0) is 26.6. The molecule has 0 unspecified atom stereocenters. The van der Waals surface area contributed by atoms with Crippen molar-refractivity contribution in [3.63, 3.8) is 0 Å². The van der Waals surface area contributed by atoms with E-state index in [1.165, 1.54) is 50.1 Å². The maximum Gasteiger partial charge on any atom is -0.0395 e. The van der Waals surface area contributed by atoms with Gasteiger partial charge in [-0.05, 0) is 95.7 Å². The highest BCUT2D eigenvalue weighted by Gasteiger charge is 1.95. The normalized spacial score (nSPS) is 8.27. The van der Waals surface area contributed by atoms with E-state index in [2.05, 4.69) is 156 Å². The molecule has 3 rings (SSSR count). The average molecular weight is 445 g/mol. The Balaban J connectivity index is -0.000000368. The van der Waals surface area contributed by atoms with Gasteiger partial charge in [-0.15, -0.1) is 39.5 Å². The summed E-state index contributed by atoms with van der Waals surface area (Å²) in [6, 6.07) is 19.4. The van der Waals surface area contributed by atoms with E-state index >= 15 is 0 Å². The van der Waals surface area contributed by atoms with Crippen LogP contribution in [0.5, 0.6) is 0 Å². The van der Waals surface area contributed by atoms with Crippen LogP contribution in [0.25, 0.3) is 0 Å². The van der Waals surface area contributed by atoms with Gasteiger partial charge in [0.05, 0.1) is 0 Å². The van der Waals surface area contributed by atoms with Crippen molar-refractivity contribution in [2.24, 2.45) is 0 Å². The predicted molar refractivity (Wildman–Crippen MR) is 156 cm³/mol. The molecule has 0 heterocycles. The second-order valence-electron chi connectivity index (χ2n) is 7.77. The molecular formula is C33H48. The molecule has 3 aromatic rings. The quantitative estimate of drug-likeness (QED) is 0.302. The summed E-state index contributed by atoms with van der Waals surface area (Å²) in [7, 11) is 0. The Morgan fingerprint density at radius 3 is 0.879 bits per heavy atom. The lowest BCUT2D eigenvalue weighted by molar-refractivity contribution is 1.24. The molecule has 0 saturated heterocycles. The van der Waals surface area contributed by atoms with Gasteiger partial charge in [0.1, 0.15) is 0 Å². The van der Waals surface area contributed by atoms with Gasteiger partial charge in [0, 0.05) is 0 Å². The van der Waals surface area contributed by atoms with Crippen LogP contribution < -0.4 is 0 Å². The summed E-state index contributed by atoms with van der Waals surface area (Å²) >= 11 is 0. The number of hydrogen-bond donors (Lipinski definition) is 0. The maximum absolute atomic E-state index is 3.00. The number of benzene rings is 3. The molecule has 0 aliphatic carbocycles. The third-order valence-corrected chi connectivity index (χ3v) is 4.95. The first-order chi connectivity index (χ1) is 15.6. The van der Waals surface area contributed by atoms with Crippen molar-refractivity contribution in [2.45, 2.75) is 62.3 Å². The van der Waals surface area contributed by atoms with Crippen LogP contribution in [0.3, 0.4) is 0 Å². The molecule has 33 heavy (non-hydrogen) atoms. The van der Waals surface area contributed by atoms with E-state index in [9.17, 15) is 0 Å². The van der Waals surface area contributed by atoms with Crippen LogP contribution in [0.15, 0.2) is 94.1 Å². The first-order valence-electron chi connectivity index (χ1n) is 11.2. The molecule has 0 heteroatoms. The highest BCUT2D eigenvalue weighted by molar-refractivity contribution is 5.35. The van der Waals surface area contributed by atoms with Gasteiger partial charge in [-0.2, -0.15) is 0 Å². The van der Waals surface area contributed by atoms with Crippen molar-refractivity contribution in [3.8, 4) is 0 Å². The fourth-order valence-electron chi connectivity index (χ4n) is 2.80. The highest BCUT2D eigenvalue weighted by atomic mass is 14.0. The number of hydrogen-bond acceptors (Lipinski definition) is 0. The topological polar surface area (TPSA) is 0 Å². The Kier molecular flexibility index (Phi) is 21.7.